The molecule has 0 aromatic heterocycles. The van der Waals surface area contributed by atoms with E-state index in [2.05, 4.69) is 51.9 Å². The van der Waals surface area contributed by atoms with Gasteiger partial charge in [-0.3, -0.25) is 0 Å². The smallest absolute Gasteiger partial charge is 0.0750 e. The lowest BCUT2D eigenvalue weighted by Crippen LogP contribution is -2.50. The molecule has 3 atom stereocenters. The Labute approximate surface area is 131 Å². The van der Waals surface area contributed by atoms with E-state index in [0.29, 0.717) is 17.6 Å². The number of morpholine rings is 1. The monoisotopic (exact) mass is 296 g/mol. The summed E-state index contributed by atoms with van der Waals surface area (Å²) in [7, 11) is 2.30. The zero-order valence-corrected chi connectivity index (χ0v) is 15.0. The Morgan fingerprint density at radius 2 is 1.90 bits per heavy atom. The minimum Gasteiger partial charge on any atom is -0.375 e. The summed E-state index contributed by atoms with van der Waals surface area (Å²) in [6.07, 6.45) is 4.34. The standard InChI is InChI=1S/C18H36N2O/c1-17(2,3)15-11-14(7-9-20(15)6)12-18(4,5)16-13-19-8-10-21-16/h14-16,19H,7-13H2,1-6H3. The molecular weight excluding hydrogens is 260 g/mol. The number of piperidine rings is 1. The van der Waals surface area contributed by atoms with Crippen molar-refractivity contribution in [2.24, 2.45) is 16.7 Å². The van der Waals surface area contributed by atoms with Gasteiger partial charge in [-0.05, 0) is 49.6 Å². The van der Waals surface area contributed by atoms with Crippen LogP contribution in [0.25, 0.3) is 0 Å². The molecule has 2 aliphatic heterocycles. The van der Waals surface area contributed by atoms with Gasteiger partial charge in [-0.15, -0.1) is 0 Å². The Kier molecular flexibility index (Phi) is 5.38. The number of hydrogen-bond acceptors (Lipinski definition) is 3. The lowest BCUT2D eigenvalue weighted by molar-refractivity contribution is -0.0593. The molecule has 0 amide bonds. The number of nitrogens with one attached hydrogen (secondary N) is 1. The van der Waals surface area contributed by atoms with Crippen LogP contribution in [0, 0.1) is 16.7 Å². The van der Waals surface area contributed by atoms with Crippen LogP contribution in [0.15, 0.2) is 0 Å². The summed E-state index contributed by atoms with van der Waals surface area (Å²) in [5.41, 5.74) is 0.650. The highest BCUT2D eigenvalue weighted by molar-refractivity contribution is 4.92. The maximum absolute atomic E-state index is 6.03. The van der Waals surface area contributed by atoms with Gasteiger partial charge in [-0.2, -0.15) is 0 Å². The maximum atomic E-state index is 6.03. The lowest BCUT2D eigenvalue weighted by Gasteiger charge is -2.47. The van der Waals surface area contributed by atoms with Crippen LogP contribution in [0.5, 0.6) is 0 Å². The van der Waals surface area contributed by atoms with E-state index in [-0.39, 0.29) is 5.41 Å². The Morgan fingerprint density at radius 3 is 2.48 bits per heavy atom. The number of likely N-dealkylation sites (tertiary alicyclic amines) is 1. The Balaban J connectivity index is 1.95. The summed E-state index contributed by atoms with van der Waals surface area (Å²) in [6, 6.07) is 0.706. The number of hydrogen-bond donors (Lipinski definition) is 1. The van der Waals surface area contributed by atoms with Gasteiger partial charge in [-0.25, -0.2) is 0 Å². The number of ether oxygens (including phenoxy) is 1. The van der Waals surface area contributed by atoms with Gasteiger partial charge in [-0.1, -0.05) is 34.6 Å². The highest BCUT2D eigenvalue weighted by atomic mass is 16.5. The van der Waals surface area contributed by atoms with Crippen molar-refractivity contribution in [3.05, 3.63) is 0 Å². The van der Waals surface area contributed by atoms with Crippen molar-refractivity contribution in [2.45, 2.75) is 66.0 Å². The van der Waals surface area contributed by atoms with Crippen molar-refractivity contribution in [3.8, 4) is 0 Å². The predicted octanol–water partition coefficient (Wildman–Crippen LogP) is 3.15. The van der Waals surface area contributed by atoms with Crippen molar-refractivity contribution < 1.29 is 4.74 Å². The molecule has 2 saturated heterocycles. The van der Waals surface area contributed by atoms with E-state index in [1.807, 2.05) is 0 Å². The van der Waals surface area contributed by atoms with Gasteiger partial charge < -0.3 is 15.0 Å². The molecule has 3 heteroatoms. The molecule has 2 rings (SSSR count). The summed E-state index contributed by atoms with van der Waals surface area (Å²) in [5, 5.41) is 3.49. The highest BCUT2D eigenvalue weighted by Gasteiger charge is 2.39. The average Bonchev–Trinajstić information content (AvgIpc) is 2.40. The van der Waals surface area contributed by atoms with Crippen molar-refractivity contribution in [1.82, 2.24) is 10.2 Å². The van der Waals surface area contributed by atoms with Gasteiger partial charge in [0.05, 0.1) is 12.7 Å². The van der Waals surface area contributed by atoms with Gasteiger partial charge in [0.2, 0.25) is 0 Å². The third kappa shape index (κ3) is 4.43. The van der Waals surface area contributed by atoms with Gasteiger partial charge in [0.15, 0.2) is 0 Å². The summed E-state index contributed by atoms with van der Waals surface area (Å²) >= 11 is 0. The topological polar surface area (TPSA) is 24.5 Å². The third-order valence-electron chi connectivity index (χ3n) is 5.59. The van der Waals surface area contributed by atoms with E-state index < -0.39 is 0 Å². The quantitative estimate of drug-likeness (QED) is 0.866. The summed E-state index contributed by atoms with van der Waals surface area (Å²) in [4.78, 5) is 2.57. The lowest BCUT2D eigenvalue weighted by atomic mass is 9.70. The predicted molar refractivity (Wildman–Crippen MR) is 89.6 cm³/mol. The van der Waals surface area contributed by atoms with Crippen molar-refractivity contribution >= 4 is 0 Å². The first-order valence-corrected chi connectivity index (χ1v) is 8.73. The fraction of sp³-hybridized carbons (Fsp3) is 1.00. The average molecular weight is 296 g/mol. The van der Waals surface area contributed by atoms with Crippen molar-refractivity contribution in [3.63, 3.8) is 0 Å². The van der Waals surface area contributed by atoms with Gasteiger partial charge in [0.1, 0.15) is 0 Å². The molecule has 0 bridgehead atoms. The molecular formula is C18H36N2O. The van der Waals surface area contributed by atoms with Crippen LogP contribution in [-0.2, 0) is 4.74 Å². The second kappa shape index (κ2) is 6.55. The molecule has 1 N–H and O–H groups in total. The van der Waals surface area contributed by atoms with Crippen LogP contribution in [0.4, 0.5) is 0 Å². The van der Waals surface area contributed by atoms with E-state index in [9.17, 15) is 0 Å². The minimum absolute atomic E-state index is 0.274. The maximum Gasteiger partial charge on any atom is 0.0750 e. The second-order valence-electron chi connectivity index (χ2n) is 9.01. The molecule has 2 heterocycles. The number of rotatable bonds is 3. The van der Waals surface area contributed by atoms with E-state index in [1.165, 1.54) is 25.8 Å². The van der Waals surface area contributed by atoms with Crippen LogP contribution in [-0.4, -0.2) is 50.3 Å². The molecule has 0 radical (unpaired) electrons. The van der Waals surface area contributed by atoms with Gasteiger partial charge in [0.25, 0.3) is 0 Å². The Hall–Kier alpha value is -0.120. The normalized spacial score (nSPS) is 33.1. The number of nitrogens with zero attached hydrogens (tertiary/aromatic N) is 1. The molecule has 0 aromatic carbocycles. The zero-order valence-electron chi connectivity index (χ0n) is 15.0. The third-order valence-corrected chi connectivity index (χ3v) is 5.59. The van der Waals surface area contributed by atoms with Crippen LogP contribution in [0.3, 0.4) is 0 Å². The van der Waals surface area contributed by atoms with Crippen LogP contribution < -0.4 is 5.32 Å². The van der Waals surface area contributed by atoms with E-state index in [0.717, 1.165) is 25.6 Å². The van der Waals surface area contributed by atoms with Crippen molar-refractivity contribution in [2.75, 3.05) is 33.3 Å². The van der Waals surface area contributed by atoms with Crippen LogP contribution in [0.1, 0.15) is 53.9 Å². The first-order chi connectivity index (χ1) is 9.70. The first-order valence-electron chi connectivity index (χ1n) is 8.73. The van der Waals surface area contributed by atoms with Crippen LogP contribution >= 0.6 is 0 Å². The molecule has 0 aliphatic carbocycles. The summed E-state index contributed by atoms with van der Waals surface area (Å²) in [6.45, 7) is 16.1. The molecule has 124 valence electrons. The molecule has 2 fully saturated rings. The van der Waals surface area contributed by atoms with E-state index in [4.69, 9.17) is 4.74 Å². The summed E-state index contributed by atoms with van der Waals surface area (Å²) in [5.74, 6) is 0.839. The van der Waals surface area contributed by atoms with Crippen molar-refractivity contribution in [1.29, 1.82) is 0 Å². The molecule has 3 nitrogen and oxygen atoms in total. The second-order valence-corrected chi connectivity index (χ2v) is 9.01. The first kappa shape index (κ1) is 17.2. The Morgan fingerprint density at radius 1 is 1.19 bits per heavy atom. The minimum atomic E-state index is 0.274. The highest BCUT2D eigenvalue weighted by Crippen LogP contribution is 2.40. The van der Waals surface area contributed by atoms with Gasteiger partial charge in [0, 0.05) is 19.1 Å². The molecule has 3 unspecified atom stereocenters. The fourth-order valence-corrected chi connectivity index (χ4v) is 4.30. The Bertz CT molecular complexity index is 329. The SMILES string of the molecule is CN1CCC(CC(C)(C)C2CNCCO2)CC1C(C)(C)C. The van der Waals surface area contributed by atoms with Crippen LogP contribution in [0.2, 0.25) is 0 Å². The molecule has 0 saturated carbocycles. The molecule has 0 aromatic rings. The molecule has 21 heavy (non-hydrogen) atoms. The fourth-order valence-electron chi connectivity index (χ4n) is 4.30. The molecule has 0 spiro atoms. The van der Waals surface area contributed by atoms with Gasteiger partial charge >= 0.3 is 0 Å². The van der Waals surface area contributed by atoms with E-state index >= 15 is 0 Å². The largest absolute Gasteiger partial charge is 0.375 e. The zero-order chi connectivity index (χ0) is 15.7. The summed E-state index contributed by atoms with van der Waals surface area (Å²) < 4.78 is 6.03. The molecule has 2 aliphatic rings. The van der Waals surface area contributed by atoms with E-state index in [1.54, 1.807) is 0 Å².